The summed E-state index contributed by atoms with van der Waals surface area (Å²) in [6.07, 6.45) is 7.38. The van der Waals surface area contributed by atoms with Gasteiger partial charge in [-0.25, -0.2) is 0 Å². The van der Waals surface area contributed by atoms with Crippen molar-refractivity contribution < 1.29 is 9.90 Å². The molecule has 26 heavy (non-hydrogen) atoms. The van der Waals surface area contributed by atoms with E-state index in [-0.39, 0.29) is 18.4 Å². The van der Waals surface area contributed by atoms with Gasteiger partial charge in [0.25, 0.3) is 0 Å². The van der Waals surface area contributed by atoms with E-state index in [1.165, 1.54) is 0 Å². The van der Waals surface area contributed by atoms with Crippen LogP contribution in [0.5, 0.6) is 0 Å². The summed E-state index contributed by atoms with van der Waals surface area (Å²) in [6.45, 7) is 3.03. The minimum absolute atomic E-state index is 0.0559. The number of carbonyl (C=O) groups is 1. The van der Waals surface area contributed by atoms with Gasteiger partial charge in [0.1, 0.15) is 5.69 Å². The lowest BCUT2D eigenvalue weighted by molar-refractivity contribution is -0.133. The Morgan fingerprint density at radius 2 is 2.35 bits per heavy atom. The van der Waals surface area contributed by atoms with Crippen LogP contribution in [0.4, 0.5) is 0 Å². The zero-order valence-corrected chi connectivity index (χ0v) is 14.7. The number of carbonyl (C=O) groups excluding carboxylic acids is 1. The molecule has 0 saturated carbocycles. The van der Waals surface area contributed by atoms with Crippen LogP contribution in [0.15, 0.2) is 30.7 Å². The number of rotatable bonds is 6. The van der Waals surface area contributed by atoms with Crippen molar-refractivity contribution in [1.29, 1.82) is 0 Å². The number of aliphatic hydroxyl groups is 1. The topological polar surface area (TPSA) is 96.2 Å². The summed E-state index contributed by atoms with van der Waals surface area (Å²) in [6, 6.07) is 4.23. The Kier molecular flexibility index (Phi) is 4.94. The minimum atomic E-state index is -0.0871. The fourth-order valence-electron chi connectivity index (χ4n) is 4.16. The average molecular weight is 356 g/mol. The number of nitrogens with one attached hydrogen (secondary N) is 1. The first-order chi connectivity index (χ1) is 12.7. The lowest BCUT2D eigenvalue weighted by Crippen LogP contribution is -2.58. The molecule has 4 atom stereocenters. The summed E-state index contributed by atoms with van der Waals surface area (Å²) in [7, 11) is 0. The number of fused-ring (bicyclic) bond motifs is 3. The molecular weight excluding hydrogens is 332 g/mol. The molecule has 0 aromatic carbocycles. The van der Waals surface area contributed by atoms with Crippen LogP contribution >= 0.6 is 0 Å². The largest absolute Gasteiger partial charge is 0.390 e. The molecular formula is C18H24N6O2. The van der Waals surface area contributed by atoms with E-state index in [0.29, 0.717) is 24.2 Å². The van der Waals surface area contributed by atoms with Crippen molar-refractivity contribution in [3.63, 3.8) is 0 Å². The Bertz CT molecular complexity index is 749. The predicted octanol–water partition coefficient (Wildman–Crippen LogP) is 0.192. The Morgan fingerprint density at radius 3 is 3.04 bits per heavy atom. The van der Waals surface area contributed by atoms with Crippen molar-refractivity contribution >= 4 is 5.91 Å². The third-order valence-corrected chi connectivity index (χ3v) is 5.55. The molecule has 0 spiro atoms. The average Bonchev–Trinajstić information content (AvgIpc) is 3.15. The number of amides is 1. The number of aliphatic hydroxyl groups excluding tert-OH is 1. The molecule has 0 aliphatic carbocycles. The van der Waals surface area contributed by atoms with Crippen molar-refractivity contribution in [3.8, 4) is 0 Å². The maximum Gasteiger partial charge on any atom is 0.224 e. The second-order valence-electron chi connectivity index (χ2n) is 7.21. The molecule has 138 valence electrons. The first-order valence-corrected chi connectivity index (χ1v) is 9.13. The van der Waals surface area contributed by atoms with Crippen molar-refractivity contribution in [2.75, 3.05) is 13.1 Å². The standard InChI is InChI=1S/C18H24N6O2/c25-12-15-9-24(22-21-15)10-16-6-14-3-5-23(16)11-17(14)18(26)20-8-13-2-1-4-19-7-13/h1-2,4,7,9,14,16-17,25H,3,5-6,8,10-12H2,(H,20,26)/t14-,16+,17+/m0/s1. The molecule has 0 radical (unpaired) electrons. The zero-order valence-electron chi connectivity index (χ0n) is 14.7. The van der Waals surface area contributed by atoms with Gasteiger partial charge in [0.2, 0.25) is 5.91 Å². The van der Waals surface area contributed by atoms with Gasteiger partial charge in [0.05, 0.1) is 25.3 Å². The number of aromatic nitrogens is 4. The Balaban J connectivity index is 1.33. The Hall–Kier alpha value is -2.32. The van der Waals surface area contributed by atoms with E-state index in [2.05, 4.69) is 25.5 Å². The molecule has 1 unspecified atom stereocenters. The second-order valence-corrected chi connectivity index (χ2v) is 7.21. The maximum absolute atomic E-state index is 12.7. The summed E-state index contributed by atoms with van der Waals surface area (Å²) in [4.78, 5) is 19.1. The van der Waals surface area contributed by atoms with Gasteiger partial charge in [0, 0.05) is 31.5 Å². The number of hydrogen-bond acceptors (Lipinski definition) is 6. The molecule has 2 bridgehead atoms. The van der Waals surface area contributed by atoms with Gasteiger partial charge in [-0.3, -0.25) is 19.4 Å². The van der Waals surface area contributed by atoms with Gasteiger partial charge in [-0.15, -0.1) is 5.10 Å². The Morgan fingerprint density at radius 1 is 1.42 bits per heavy atom. The fourth-order valence-corrected chi connectivity index (χ4v) is 4.16. The molecule has 3 aliphatic rings. The molecule has 2 N–H and O–H groups in total. The second kappa shape index (κ2) is 7.51. The van der Waals surface area contributed by atoms with E-state index in [9.17, 15) is 4.79 Å². The summed E-state index contributed by atoms with van der Waals surface area (Å²) < 4.78 is 1.80. The van der Waals surface area contributed by atoms with Crippen LogP contribution in [0.25, 0.3) is 0 Å². The van der Waals surface area contributed by atoms with Crippen LogP contribution in [-0.4, -0.2) is 55.0 Å². The number of pyridine rings is 1. The van der Waals surface area contributed by atoms with Gasteiger partial charge in [-0.2, -0.15) is 0 Å². The summed E-state index contributed by atoms with van der Waals surface area (Å²) >= 11 is 0. The van der Waals surface area contributed by atoms with Crippen LogP contribution in [-0.2, 0) is 24.5 Å². The highest BCUT2D eigenvalue weighted by Crippen LogP contribution is 2.36. The Labute approximate surface area is 152 Å². The van der Waals surface area contributed by atoms with E-state index in [4.69, 9.17) is 5.11 Å². The van der Waals surface area contributed by atoms with E-state index in [1.807, 2.05) is 12.1 Å². The molecule has 2 aromatic heterocycles. The SMILES string of the molecule is O=C(NCc1cccnc1)[C@@H]1CN2CC[C@H]1C[C@@H]2Cn1cc(CO)nn1. The smallest absolute Gasteiger partial charge is 0.224 e. The van der Waals surface area contributed by atoms with E-state index in [1.54, 1.807) is 23.3 Å². The first kappa shape index (κ1) is 17.1. The molecule has 2 aromatic rings. The fraction of sp³-hybridized carbons (Fsp3) is 0.556. The van der Waals surface area contributed by atoms with Gasteiger partial charge in [-0.05, 0) is 36.9 Å². The molecule has 5 heterocycles. The van der Waals surface area contributed by atoms with Crippen LogP contribution < -0.4 is 5.32 Å². The normalized spacial score (nSPS) is 27.4. The highest BCUT2D eigenvalue weighted by Gasteiger charge is 2.43. The zero-order chi connectivity index (χ0) is 17.9. The first-order valence-electron chi connectivity index (χ1n) is 9.13. The van der Waals surface area contributed by atoms with E-state index in [0.717, 1.165) is 38.0 Å². The molecule has 5 rings (SSSR count). The molecule has 3 saturated heterocycles. The van der Waals surface area contributed by atoms with Crippen LogP contribution in [0, 0.1) is 11.8 Å². The molecule has 1 amide bonds. The number of hydrogen-bond donors (Lipinski definition) is 2. The van der Waals surface area contributed by atoms with Crippen molar-refractivity contribution in [2.45, 2.75) is 38.6 Å². The molecule has 3 fully saturated rings. The van der Waals surface area contributed by atoms with E-state index < -0.39 is 0 Å². The lowest BCUT2D eigenvalue weighted by Gasteiger charge is -2.49. The highest BCUT2D eigenvalue weighted by atomic mass is 16.3. The van der Waals surface area contributed by atoms with Crippen molar-refractivity contribution in [1.82, 2.24) is 30.2 Å². The van der Waals surface area contributed by atoms with Crippen molar-refractivity contribution in [3.05, 3.63) is 42.0 Å². The van der Waals surface area contributed by atoms with Crippen LogP contribution in [0.2, 0.25) is 0 Å². The summed E-state index contributed by atoms with van der Waals surface area (Å²) in [5, 5.41) is 20.2. The molecule has 8 heteroatoms. The predicted molar refractivity (Wildman–Crippen MR) is 93.6 cm³/mol. The van der Waals surface area contributed by atoms with Gasteiger partial charge in [0.15, 0.2) is 0 Å². The highest BCUT2D eigenvalue weighted by molar-refractivity contribution is 5.79. The van der Waals surface area contributed by atoms with Crippen molar-refractivity contribution in [2.24, 2.45) is 11.8 Å². The maximum atomic E-state index is 12.7. The number of nitrogens with zero attached hydrogens (tertiary/aromatic N) is 5. The van der Waals surface area contributed by atoms with Gasteiger partial charge >= 0.3 is 0 Å². The molecule has 8 nitrogen and oxygen atoms in total. The monoisotopic (exact) mass is 356 g/mol. The summed E-state index contributed by atoms with van der Waals surface area (Å²) in [5.41, 5.74) is 1.61. The summed E-state index contributed by atoms with van der Waals surface area (Å²) in [5.74, 6) is 0.616. The van der Waals surface area contributed by atoms with Crippen LogP contribution in [0.1, 0.15) is 24.1 Å². The van der Waals surface area contributed by atoms with Gasteiger partial charge < -0.3 is 10.4 Å². The van der Waals surface area contributed by atoms with E-state index >= 15 is 0 Å². The minimum Gasteiger partial charge on any atom is -0.390 e. The molecule has 3 aliphatic heterocycles. The van der Waals surface area contributed by atoms with Gasteiger partial charge in [-0.1, -0.05) is 11.3 Å². The number of piperidine rings is 3. The third-order valence-electron chi connectivity index (χ3n) is 5.55. The quantitative estimate of drug-likeness (QED) is 0.767. The third kappa shape index (κ3) is 3.61. The van der Waals surface area contributed by atoms with Crippen LogP contribution in [0.3, 0.4) is 0 Å². The lowest BCUT2D eigenvalue weighted by atomic mass is 9.75.